The maximum Gasteiger partial charge on any atom is 0.234 e. The Hall–Kier alpha value is -1.43. The summed E-state index contributed by atoms with van der Waals surface area (Å²) in [6, 6.07) is 10.2. The molecule has 0 spiro atoms. The Morgan fingerprint density at radius 3 is 2.71 bits per heavy atom. The van der Waals surface area contributed by atoms with Crippen molar-refractivity contribution in [2.75, 3.05) is 53.0 Å². The summed E-state index contributed by atoms with van der Waals surface area (Å²) in [5.41, 5.74) is 1.22. The van der Waals surface area contributed by atoms with Gasteiger partial charge >= 0.3 is 0 Å². The van der Waals surface area contributed by atoms with E-state index in [0.717, 1.165) is 39.4 Å². The smallest absolute Gasteiger partial charge is 0.234 e. The van der Waals surface area contributed by atoms with E-state index >= 15 is 0 Å². The zero-order valence-electron chi connectivity index (χ0n) is 12.8. The van der Waals surface area contributed by atoms with Crippen LogP contribution in [0.3, 0.4) is 0 Å². The molecule has 2 rings (SSSR count). The molecule has 0 unspecified atom stereocenters. The van der Waals surface area contributed by atoms with Gasteiger partial charge < -0.3 is 10.1 Å². The van der Waals surface area contributed by atoms with Crippen molar-refractivity contribution in [2.45, 2.75) is 6.54 Å². The van der Waals surface area contributed by atoms with Gasteiger partial charge in [-0.15, -0.1) is 0 Å². The first kappa shape index (κ1) is 15.9. The summed E-state index contributed by atoms with van der Waals surface area (Å²) < 4.78 is 5.30. The first-order valence-corrected chi connectivity index (χ1v) is 7.53. The standard InChI is InChI=1S/C16H25N3O2/c1-18(13-15-5-3-2-4-6-15)14-16(20)17-7-8-19-9-11-21-12-10-19/h2-6H,7-14H2,1H3,(H,17,20). The van der Waals surface area contributed by atoms with Gasteiger partial charge in [0.05, 0.1) is 19.8 Å². The zero-order valence-corrected chi connectivity index (χ0v) is 12.8. The molecule has 1 aliphatic rings. The van der Waals surface area contributed by atoms with Crippen molar-refractivity contribution in [1.82, 2.24) is 15.1 Å². The number of hydrogen-bond acceptors (Lipinski definition) is 4. The average molecular weight is 291 g/mol. The fraction of sp³-hybridized carbons (Fsp3) is 0.562. The van der Waals surface area contributed by atoms with Crippen molar-refractivity contribution >= 4 is 5.91 Å². The molecule has 116 valence electrons. The highest BCUT2D eigenvalue weighted by Gasteiger charge is 2.11. The number of nitrogens with one attached hydrogen (secondary N) is 1. The number of ether oxygens (including phenoxy) is 1. The third-order valence-electron chi connectivity index (χ3n) is 3.56. The molecule has 1 N–H and O–H groups in total. The normalized spacial score (nSPS) is 16.1. The van der Waals surface area contributed by atoms with Gasteiger partial charge in [0.2, 0.25) is 5.91 Å². The molecule has 0 saturated carbocycles. The van der Waals surface area contributed by atoms with Gasteiger partial charge in [-0.3, -0.25) is 14.6 Å². The van der Waals surface area contributed by atoms with Gasteiger partial charge in [0, 0.05) is 32.7 Å². The van der Waals surface area contributed by atoms with E-state index in [2.05, 4.69) is 22.3 Å². The van der Waals surface area contributed by atoms with Crippen LogP contribution >= 0.6 is 0 Å². The highest BCUT2D eigenvalue weighted by atomic mass is 16.5. The van der Waals surface area contributed by atoms with Crippen molar-refractivity contribution < 1.29 is 9.53 Å². The van der Waals surface area contributed by atoms with Crippen LogP contribution < -0.4 is 5.32 Å². The minimum atomic E-state index is 0.0849. The molecule has 1 fully saturated rings. The first-order chi connectivity index (χ1) is 10.2. The Kier molecular flexibility index (Phi) is 6.66. The van der Waals surface area contributed by atoms with E-state index in [-0.39, 0.29) is 5.91 Å². The Bertz CT molecular complexity index is 419. The number of morpholine rings is 1. The quantitative estimate of drug-likeness (QED) is 0.797. The zero-order chi connectivity index (χ0) is 14.9. The molecule has 1 aromatic carbocycles. The van der Waals surface area contributed by atoms with Crippen LogP contribution in [0.2, 0.25) is 0 Å². The molecule has 1 heterocycles. The molecule has 1 saturated heterocycles. The van der Waals surface area contributed by atoms with Crippen LogP contribution in [-0.4, -0.2) is 68.7 Å². The third-order valence-corrected chi connectivity index (χ3v) is 3.56. The summed E-state index contributed by atoms with van der Waals surface area (Å²) >= 11 is 0. The van der Waals surface area contributed by atoms with Gasteiger partial charge in [-0.1, -0.05) is 30.3 Å². The van der Waals surface area contributed by atoms with Gasteiger partial charge in [-0.25, -0.2) is 0 Å². The van der Waals surface area contributed by atoms with E-state index in [4.69, 9.17) is 4.74 Å². The van der Waals surface area contributed by atoms with Gasteiger partial charge in [0.25, 0.3) is 0 Å². The lowest BCUT2D eigenvalue weighted by Crippen LogP contribution is -2.43. The second-order valence-electron chi connectivity index (χ2n) is 5.46. The Morgan fingerprint density at radius 2 is 2.00 bits per heavy atom. The minimum absolute atomic E-state index is 0.0849. The summed E-state index contributed by atoms with van der Waals surface area (Å²) in [5, 5.41) is 2.98. The number of carbonyl (C=O) groups excluding carboxylic acids is 1. The van der Waals surface area contributed by atoms with Gasteiger partial charge in [-0.2, -0.15) is 0 Å². The topological polar surface area (TPSA) is 44.8 Å². The predicted molar refractivity (Wildman–Crippen MR) is 83.0 cm³/mol. The molecule has 1 aromatic rings. The molecule has 1 aliphatic heterocycles. The molecule has 5 heteroatoms. The number of amides is 1. The molecule has 0 aliphatic carbocycles. The molecule has 0 radical (unpaired) electrons. The first-order valence-electron chi connectivity index (χ1n) is 7.53. The van der Waals surface area contributed by atoms with Crippen LogP contribution in [0, 0.1) is 0 Å². The number of nitrogens with zero attached hydrogens (tertiary/aromatic N) is 2. The van der Waals surface area contributed by atoms with Crippen molar-refractivity contribution in [3.05, 3.63) is 35.9 Å². The minimum Gasteiger partial charge on any atom is -0.379 e. The Balaban J connectivity index is 1.60. The summed E-state index contributed by atoms with van der Waals surface area (Å²) in [6.07, 6.45) is 0. The third kappa shape index (κ3) is 6.25. The van der Waals surface area contributed by atoms with E-state index in [1.807, 2.05) is 30.1 Å². The van der Waals surface area contributed by atoms with Crippen LogP contribution in [0.1, 0.15) is 5.56 Å². The molecular weight excluding hydrogens is 266 g/mol. The lowest BCUT2D eigenvalue weighted by Gasteiger charge is -2.26. The van der Waals surface area contributed by atoms with E-state index in [1.165, 1.54) is 5.56 Å². The number of benzene rings is 1. The molecule has 0 aromatic heterocycles. The van der Waals surface area contributed by atoms with Crippen molar-refractivity contribution in [3.8, 4) is 0 Å². The monoisotopic (exact) mass is 291 g/mol. The summed E-state index contributed by atoms with van der Waals surface area (Å²) in [5.74, 6) is 0.0849. The van der Waals surface area contributed by atoms with Gasteiger partial charge in [0.15, 0.2) is 0 Å². The van der Waals surface area contributed by atoms with Gasteiger partial charge in [-0.05, 0) is 12.6 Å². The highest BCUT2D eigenvalue weighted by molar-refractivity contribution is 5.77. The van der Waals surface area contributed by atoms with Crippen LogP contribution in [0.4, 0.5) is 0 Å². The predicted octanol–water partition coefficient (Wildman–Crippen LogP) is 0.567. The second kappa shape index (κ2) is 8.77. The van der Waals surface area contributed by atoms with Crippen LogP contribution in [0.5, 0.6) is 0 Å². The molecular formula is C16H25N3O2. The number of likely N-dealkylation sites (N-methyl/N-ethyl adjacent to an activating group) is 1. The second-order valence-corrected chi connectivity index (χ2v) is 5.46. The Morgan fingerprint density at radius 1 is 1.29 bits per heavy atom. The molecule has 0 atom stereocenters. The van der Waals surface area contributed by atoms with E-state index in [0.29, 0.717) is 13.1 Å². The van der Waals surface area contributed by atoms with Crippen molar-refractivity contribution in [3.63, 3.8) is 0 Å². The summed E-state index contributed by atoms with van der Waals surface area (Å²) in [4.78, 5) is 16.2. The maximum atomic E-state index is 11.9. The largest absolute Gasteiger partial charge is 0.379 e. The van der Waals surface area contributed by atoms with E-state index in [1.54, 1.807) is 0 Å². The summed E-state index contributed by atoms with van der Waals surface area (Å²) in [7, 11) is 1.97. The summed E-state index contributed by atoms with van der Waals surface area (Å²) in [6.45, 7) is 6.35. The fourth-order valence-electron chi connectivity index (χ4n) is 2.43. The highest BCUT2D eigenvalue weighted by Crippen LogP contribution is 2.01. The number of carbonyl (C=O) groups is 1. The molecule has 21 heavy (non-hydrogen) atoms. The van der Waals surface area contributed by atoms with Crippen LogP contribution in [-0.2, 0) is 16.1 Å². The SMILES string of the molecule is CN(CC(=O)NCCN1CCOCC1)Cc1ccccc1. The average Bonchev–Trinajstić information content (AvgIpc) is 2.49. The molecule has 1 amide bonds. The van der Waals surface area contributed by atoms with Crippen molar-refractivity contribution in [2.24, 2.45) is 0 Å². The Labute approximate surface area is 126 Å². The lowest BCUT2D eigenvalue weighted by molar-refractivity contribution is -0.122. The fourth-order valence-corrected chi connectivity index (χ4v) is 2.43. The van der Waals surface area contributed by atoms with E-state index in [9.17, 15) is 4.79 Å². The number of rotatable bonds is 7. The van der Waals surface area contributed by atoms with Crippen LogP contribution in [0.15, 0.2) is 30.3 Å². The molecule has 5 nitrogen and oxygen atoms in total. The molecule has 0 bridgehead atoms. The number of hydrogen-bond donors (Lipinski definition) is 1. The lowest BCUT2D eigenvalue weighted by atomic mass is 10.2. The van der Waals surface area contributed by atoms with Crippen molar-refractivity contribution in [1.29, 1.82) is 0 Å². The maximum absolute atomic E-state index is 11.9. The van der Waals surface area contributed by atoms with E-state index < -0.39 is 0 Å². The van der Waals surface area contributed by atoms with Gasteiger partial charge in [0.1, 0.15) is 0 Å². The van der Waals surface area contributed by atoms with Crippen LogP contribution in [0.25, 0.3) is 0 Å².